The maximum atomic E-state index is 13.4. The van der Waals surface area contributed by atoms with Gasteiger partial charge in [0.2, 0.25) is 0 Å². The maximum Gasteiger partial charge on any atom is 0.360 e. The molecule has 1 aromatic carbocycles. The van der Waals surface area contributed by atoms with Crippen LogP contribution in [0.1, 0.15) is 44.0 Å². The SMILES string of the molecule is CCOC(=O)c1cc(CNC(=O)c2cc(NC(=O)c3cc(F)c(F)cc3Cl)[nH]n2)on1. The van der Waals surface area contributed by atoms with Gasteiger partial charge >= 0.3 is 5.97 Å². The summed E-state index contributed by atoms with van der Waals surface area (Å²) in [4.78, 5) is 35.9. The molecule has 10 nitrogen and oxygen atoms in total. The Hall–Kier alpha value is -3.80. The van der Waals surface area contributed by atoms with Crippen LogP contribution in [0, 0.1) is 11.6 Å². The van der Waals surface area contributed by atoms with Gasteiger partial charge in [0.25, 0.3) is 11.8 Å². The highest BCUT2D eigenvalue weighted by molar-refractivity contribution is 6.34. The van der Waals surface area contributed by atoms with Gasteiger partial charge in [-0.15, -0.1) is 0 Å². The number of nitrogens with one attached hydrogen (secondary N) is 3. The predicted molar refractivity (Wildman–Crippen MR) is 102 cm³/mol. The van der Waals surface area contributed by atoms with E-state index < -0.39 is 29.4 Å². The lowest BCUT2D eigenvalue weighted by Gasteiger charge is -2.05. The minimum absolute atomic E-state index is 0.0141. The van der Waals surface area contributed by atoms with E-state index in [1.807, 2.05) is 0 Å². The average Bonchev–Trinajstić information content (AvgIpc) is 3.39. The molecule has 31 heavy (non-hydrogen) atoms. The molecule has 3 rings (SSSR count). The fourth-order valence-electron chi connectivity index (χ4n) is 2.34. The minimum atomic E-state index is -1.24. The lowest BCUT2D eigenvalue weighted by molar-refractivity contribution is 0.0514. The van der Waals surface area contributed by atoms with Crippen LogP contribution in [0.4, 0.5) is 14.6 Å². The highest BCUT2D eigenvalue weighted by atomic mass is 35.5. The summed E-state index contributed by atoms with van der Waals surface area (Å²) in [6.07, 6.45) is 0. The second-order valence-electron chi connectivity index (χ2n) is 5.95. The highest BCUT2D eigenvalue weighted by Gasteiger charge is 2.18. The van der Waals surface area contributed by atoms with Crippen LogP contribution in [0.3, 0.4) is 0 Å². The molecule has 3 aromatic rings. The summed E-state index contributed by atoms with van der Waals surface area (Å²) in [5.41, 5.74) is -0.424. The highest BCUT2D eigenvalue weighted by Crippen LogP contribution is 2.21. The molecule has 162 valence electrons. The normalized spacial score (nSPS) is 10.6. The standard InChI is InChI=1S/C18H14ClF2N5O5/c1-2-30-18(29)14-3-8(31-26-14)7-22-17(28)13-6-15(25-24-13)23-16(27)9-4-11(20)12(21)5-10(9)19/h3-6H,2,7H2,1H3,(H,22,28)(H2,23,24,25,27). The summed E-state index contributed by atoms with van der Waals surface area (Å²) < 4.78 is 36.2. The molecule has 0 aliphatic carbocycles. The number of aromatic nitrogens is 3. The number of rotatable bonds is 7. The van der Waals surface area contributed by atoms with Crippen molar-refractivity contribution in [1.82, 2.24) is 20.7 Å². The molecular weight excluding hydrogens is 440 g/mol. The first-order valence-electron chi connectivity index (χ1n) is 8.70. The summed E-state index contributed by atoms with van der Waals surface area (Å²) in [7, 11) is 0. The van der Waals surface area contributed by atoms with E-state index in [9.17, 15) is 23.2 Å². The van der Waals surface area contributed by atoms with Crippen molar-refractivity contribution in [3.63, 3.8) is 0 Å². The van der Waals surface area contributed by atoms with Crippen LogP contribution >= 0.6 is 11.6 Å². The van der Waals surface area contributed by atoms with Gasteiger partial charge < -0.3 is 19.9 Å². The van der Waals surface area contributed by atoms with Crippen molar-refractivity contribution in [2.45, 2.75) is 13.5 Å². The molecule has 0 unspecified atom stereocenters. The van der Waals surface area contributed by atoms with Gasteiger partial charge in [-0.2, -0.15) is 5.10 Å². The Morgan fingerprint density at radius 1 is 1.13 bits per heavy atom. The number of anilines is 1. The number of carbonyl (C=O) groups excluding carboxylic acids is 3. The van der Waals surface area contributed by atoms with E-state index in [1.165, 1.54) is 12.1 Å². The molecule has 3 N–H and O–H groups in total. The summed E-state index contributed by atoms with van der Waals surface area (Å²) >= 11 is 5.76. The van der Waals surface area contributed by atoms with Gasteiger partial charge in [-0.1, -0.05) is 16.8 Å². The van der Waals surface area contributed by atoms with Crippen LogP contribution in [-0.4, -0.2) is 39.7 Å². The van der Waals surface area contributed by atoms with E-state index in [4.69, 9.17) is 20.9 Å². The number of H-pyrrole nitrogens is 1. The van der Waals surface area contributed by atoms with Crippen molar-refractivity contribution < 1.29 is 32.4 Å². The number of esters is 1. The smallest absolute Gasteiger partial charge is 0.360 e. The molecule has 0 bridgehead atoms. The molecule has 0 fully saturated rings. The Kier molecular flexibility index (Phi) is 6.60. The van der Waals surface area contributed by atoms with E-state index in [0.717, 1.165) is 0 Å². The van der Waals surface area contributed by atoms with Crippen LogP contribution in [0.5, 0.6) is 0 Å². The summed E-state index contributed by atoms with van der Waals surface area (Å²) in [5, 5.41) is 14.2. The first-order chi connectivity index (χ1) is 14.8. The van der Waals surface area contributed by atoms with Crippen LogP contribution in [0.25, 0.3) is 0 Å². The third-order valence-electron chi connectivity index (χ3n) is 3.78. The van der Waals surface area contributed by atoms with Gasteiger partial charge in [-0.3, -0.25) is 14.7 Å². The third-order valence-corrected chi connectivity index (χ3v) is 4.09. The molecule has 0 atom stereocenters. The van der Waals surface area contributed by atoms with E-state index in [2.05, 4.69) is 26.0 Å². The zero-order chi connectivity index (χ0) is 22.5. The molecule has 0 saturated heterocycles. The first kappa shape index (κ1) is 21.9. The number of ether oxygens (including phenoxy) is 1. The van der Waals surface area contributed by atoms with E-state index >= 15 is 0 Å². The Bertz CT molecular complexity index is 1150. The topological polar surface area (TPSA) is 139 Å². The number of halogens is 3. The Morgan fingerprint density at radius 3 is 2.61 bits per heavy atom. The molecule has 0 saturated carbocycles. The fraction of sp³-hybridized carbons (Fsp3) is 0.167. The van der Waals surface area contributed by atoms with E-state index in [-0.39, 0.29) is 46.7 Å². The van der Waals surface area contributed by atoms with Crippen molar-refractivity contribution in [3.05, 3.63) is 63.6 Å². The number of carbonyl (C=O) groups is 3. The fourth-order valence-corrected chi connectivity index (χ4v) is 2.58. The summed E-state index contributed by atoms with van der Waals surface area (Å²) in [6, 6.07) is 3.86. The van der Waals surface area contributed by atoms with Crippen molar-refractivity contribution in [2.24, 2.45) is 0 Å². The molecule has 0 aliphatic rings. The van der Waals surface area contributed by atoms with Crippen LogP contribution in [0.15, 0.2) is 28.8 Å². The lowest BCUT2D eigenvalue weighted by Crippen LogP contribution is -2.22. The van der Waals surface area contributed by atoms with Crippen molar-refractivity contribution in [3.8, 4) is 0 Å². The number of hydrogen-bond donors (Lipinski definition) is 3. The van der Waals surface area contributed by atoms with Gasteiger partial charge in [0.15, 0.2) is 28.8 Å². The van der Waals surface area contributed by atoms with Gasteiger partial charge in [-0.05, 0) is 19.1 Å². The largest absolute Gasteiger partial charge is 0.461 e. The molecule has 0 radical (unpaired) electrons. The number of hydrogen-bond acceptors (Lipinski definition) is 7. The minimum Gasteiger partial charge on any atom is -0.461 e. The summed E-state index contributed by atoms with van der Waals surface area (Å²) in [5.74, 6) is -4.34. The zero-order valence-electron chi connectivity index (χ0n) is 15.8. The van der Waals surface area contributed by atoms with E-state index in [0.29, 0.717) is 12.1 Å². The summed E-state index contributed by atoms with van der Waals surface area (Å²) in [6.45, 7) is 1.73. The second-order valence-corrected chi connectivity index (χ2v) is 6.36. The number of amides is 2. The second kappa shape index (κ2) is 9.34. The zero-order valence-corrected chi connectivity index (χ0v) is 16.5. The molecule has 13 heteroatoms. The van der Waals surface area contributed by atoms with Crippen molar-refractivity contribution >= 4 is 35.2 Å². The van der Waals surface area contributed by atoms with Gasteiger partial charge in [0, 0.05) is 12.1 Å². The van der Waals surface area contributed by atoms with Crippen LogP contribution in [-0.2, 0) is 11.3 Å². The Balaban J connectivity index is 1.59. The molecule has 2 aromatic heterocycles. The van der Waals surface area contributed by atoms with Gasteiger partial charge in [-0.25, -0.2) is 13.6 Å². The number of nitrogens with zero attached hydrogens (tertiary/aromatic N) is 2. The molecule has 2 amide bonds. The average molecular weight is 454 g/mol. The molecule has 2 heterocycles. The number of benzene rings is 1. The van der Waals surface area contributed by atoms with Crippen LogP contribution in [0.2, 0.25) is 5.02 Å². The number of aromatic amines is 1. The van der Waals surface area contributed by atoms with Crippen molar-refractivity contribution in [1.29, 1.82) is 0 Å². The monoisotopic (exact) mass is 453 g/mol. The van der Waals surface area contributed by atoms with Crippen LogP contribution < -0.4 is 10.6 Å². The van der Waals surface area contributed by atoms with E-state index in [1.54, 1.807) is 6.92 Å². The van der Waals surface area contributed by atoms with Gasteiger partial charge in [0.05, 0.1) is 23.7 Å². The van der Waals surface area contributed by atoms with Crippen molar-refractivity contribution in [2.75, 3.05) is 11.9 Å². The lowest BCUT2D eigenvalue weighted by atomic mass is 10.2. The molecule has 0 spiro atoms. The quantitative estimate of drug-likeness (QED) is 0.369. The molecular formula is C18H14ClF2N5O5. The first-order valence-corrected chi connectivity index (χ1v) is 9.08. The maximum absolute atomic E-state index is 13.4. The molecule has 0 aliphatic heterocycles. The Morgan fingerprint density at radius 2 is 1.87 bits per heavy atom. The van der Waals surface area contributed by atoms with Gasteiger partial charge in [0.1, 0.15) is 5.82 Å². The Labute approximate surface area is 177 Å². The third kappa shape index (κ3) is 5.22. The predicted octanol–water partition coefficient (Wildman–Crippen LogP) is 2.69.